The lowest BCUT2D eigenvalue weighted by molar-refractivity contribution is 0.0995. The van der Waals surface area contributed by atoms with Crippen molar-refractivity contribution in [1.29, 1.82) is 0 Å². The topological polar surface area (TPSA) is 87.0 Å². The van der Waals surface area contributed by atoms with Gasteiger partial charge in [0.2, 0.25) is 5.88 Å². The van der Waals surface area contributed by atoms with Gasteiger partial charge in [-0.25, -0.2) is 0 Å². The number of aromatic amines is 1. The lowest BCUT2D eigenvalue weighted by Gasteiger charge is -2.02. The van der Waals surface area contributed by atoms with Crippen molar-refractivity contribution in [1.82, 2.24) is 4.98 Å². The van der Waals surface area contributed by atoms with Crippen molar-refractivity contribution in [2.75, 3.05) is 6.61 Å². The maximum atomic E-state index is 12.2. The van der Waals surface area contributed by atoms with Crippen LogP contribution in [0.15, 0.2) is 69.8 Å². The third-order valence-electron chi connectivity index (χ3n) is 3.42. The first-order valence-electron chi connectivity index (χ1n) is 7.38. The second-order valence-electron chi connectivity index (χ2n) is 5.14. The number of fused-ring (bicyclic) bond motifs is 1. The Bertz CT molecular complexity index is 962. The van der Waals surface area contributed by atoms with Gasteiger partial charge in [-0.3, -0.25) is 4.79 Å². The number of azo groups is 1. The number of aromatic nitrogens is 1. The summed E-state index contributed by atoms with van der Waals surface area (Å²) in [6, 6.07) is 12.0. The number of carbonyl (C=O) groups excluding carboxylic acids is 1. The van der Waals surface area contributed by atoms with Crippen LogP contribution in [0.4, 0.5) is 5.69 Å². The van der Waals surface area contributed by atoms with E-state index in [4.69, 9.17) is 4.74 Å². The molecular formula is C18H14BrN3O3. The summed E-state index contributed by atoms with van der Waals surface area (Å²) >= 11 is 3.36. The zero-order chi connectivity index (χ0) is 17.8. The molecule has 0 saturated carbocycles. The summed E-state index contributed by atoms with van der Waals surface area (Å²) < 4.78 is 6.19. The van der Waals surface area contributed by atoms with Crippen molar-refractivity contribution >= 4 is 38.4 Å². The fraction of sp³-hybridized carbons (Fsp3) is 0.0556. The number of benzene rings is 2. The first-order valence-corrected chi connectivity index (χ1v) is 8.18. The number of rotatable bonds is 5. The van der Waals surface area contributed by atoms with E-state index in [9.17, 15) is 9.90 Å². The number of carbonyl (C=O) groups is 1. The quantitative estimate of drug-likeness (QED) is 0.460. The van der Waals surface area contributed by atoms with Crippen LogP contribution in [-0.4, -0.2) is 22.6 Å². The molecule has 0 atom stereocenters. The third kappa shape index (κ3) is 3.77. The monoisotopic (exact) mass is 399 g/mol. The highest BCUT2D eigenvalue weighted by Crippen LogP contribution is 2.36. The van der Waals surface area contributed by atoms with E-state index in [-0.39, 0.29) is 11.6 Å². The van der Waals surface area contributed by atoms with E-state index in [0.29, 0.717) is 28.8 Å². The van der Waals surface area contributed by atoms with Crippen LogP contribution >= 0.6 is 15.9 Å². The lowest BCUT2D eigenvalue weighted by Crippen LogP contribution is -1.96. The minimum Gasteiger partial charge on any atom is -0.493 e. The Labute approximate surface area is 152 Å². The second-order valence-corrected chi connectivity index (χ2v) is 6.06. The Kier molecular flexibility index (Phi) is 4.95. The van der Waals surface area contributed by atoms with Gasteiger partial charge in [0.05, 0.1) is 5.52 Å². The Hall–Kier alpha value is -2.93. The smallest absolute Gasteiger partial charge is 0.295 e. The number of hydrogen-bond acceptors (Lipinski definition) is 4. The van der Waals surface area contributed by atoms with Gasteiger partial charge < -0.3 is 14.8 Å². The Morgan fingerprint density at radius 1 is 1.28 bits per heavy atom. The molecule has 7 heteroatoms. The SMILES string of the molecule is C=CCOc1ccc(C(=O)N=Nc2c(O)[nH]c3ccc(Br)cc23)cc1. The number of aromatic hydroxyl groups is 1. The molecule has 0 radical (unpaired) electrons. The van der Waals surface area contributed by atoms with Crippen molar-refractivity contribution in [2.24, 2.45) is 10.2 Å². The molecule has 1 aromatic heterocycles. The molecule has 6 nitrogen and oxygen atoms in total. The zero-order valence-corrected chi connectivity index (χ0v) is 14.7. The number of nitrogens with zero attached hydrogens (tertiary/aromatic N) is 2. The molecule has 0 aliphatic carbocycles. The van der Waals surface area contributed by atoms with E-state index in [1.807, 2.05) is 6.07 Å². The maximum Gasteiger partial charge on any atom is 0.295 e. The summed E-state index contributed by atoms with van der Waals surface area (Å²) in [4.78, 5) is 15.0. The molecular weight excluding hydrogens is 386 g/mol. The van der Waals surface area contributed by atoms with Gasteiger partial charge in [-0.2, -0.15) is 0 Å². The molecule has 3 aromatic rings. The summed E-state index contributed by atoms with van der Waals surface area (Å²) in [5, 5.41) is 18.2. The van der Waals surface area contributed by atoms with Gasteiger partial charge in [-0.05, 0) is 42.5 Å². The molecule has 0 unspecified atom stereocenters. The predicted octanol–water partition coefficient (Wildman–Crippen LogP) is 5.12. The number of ether oxygens (including phenoxy) is 1. The molecule has 1 heterocycles. The Morgan fingerprint density at radius 3 is 2.76 bits per heavy atom. The van der Waals surface area contributed by atoms with E-state index in [2.05, 4.69) is 37.7 Å². The van der Waals surface area contributed by atoms with Crippen LogP contribution in [-0.2, 0) is 0 Å². The minimum absolute atomic E-state index is 0.141. The van der Waals surface area contributed by atoms with E-state index < -0.39 is 5.91 Å². The van der Waals surface area contributed by atoms with E-state index in [0.717, 1.165) is 4.47 Å². The maximum absolute atomic E-state index is 12.2. The first-order chi connectivity index (χ1) is 12.1. The summed E-state index contributed by atoms with van der Waals surface area (Å²) in [6.07, 6.45) is 1.64. The van der Waals surface area contributed by atoms with Crippen molar-refractivity contribution in [3.05, 3.63) is 65.2 Å². The van der Waals surface area contributed by atoms with Crippen LogP contribution < -0.4 is 4.74 Å². The third-order valence-corrected chi connectivity index (χ3v) is 3.92. The number of H-pyrrole nitrogens is 1. The molecule has 25 heavy (non-hydrogen) atoms. The van der Waals surface area contributed by atoms with Gasteiger partial charge in [0, 0.05) is 15.4 Å². The Balaban J connectivity index is 1.82. The highest BCUT2D eigenvalue weighted by atomic mass is 79.9. The molecule has 0 bridgehead atoms. The highest BCUT2D eigenvalue weighted by molar-refractivity contribution is 9.10. The number of halogens is 1. The largest absolute Gasteiger partial charge is 0.493 e. The minimum atomic E-state index is -0.515. The summed E-state index contributed by atoms with van der Waals surface area (Å²) in [5.74, 6) is -0.0237. The summed E-state index contributed by atoms with van der Waals surface area (Å²) in [6.45, 7) is 3.96. The molecule has 3 rings (SSSR count). The average molecular weight is 400 g/mol. The molecule has 0 aliphatic heterocycles. The van der Waals surface area contributed by atoms with Crippen molar-refractivity contribution in [2.45, 2.75) is 0 Å². The molecule has 1 amide bonds. The predicted molar refractivity (Wildman–Crippen MR) is 98.6 cm³/mol. The summed E-state index contributed by atoms with van der Waals surface area (Å²) in [5.41, 5.74) is 1.29. The Morgan fingerprint density at radius 2 is 2.04 bits per heavy atom. The van der Waals surface area contributed by atoms with Gasteiger partial charge >= 0.3 is 0 Å². The van der Waals surface area contributed by atoms with Crippen molar-refractivity contribution in [3.63, 3.8) is 0 Å². The highest BCUT2D eigenvalue weighted by Gasteiger charge is 2.12. The molecule has 0 saturated heterocycles. The molecule has 0 fully saturated rings. The number of nitrogens with one attached hydrogen (secondary N) is 1. The number of amides is 1. The molecule has 2 aromatic carbocycles. The van der Waals surface area contributed by atoms with Crippen LogP contribution in [0.1, 0.15) is 10.4 Å². The van der Waals surface area contributed by atoms with E-state index >= 15 is 0 Å². The second kappa shape index (κ2) is 7.31. The summed E-state index contributed by atoms with van der Waals surface area (Å²) in [7, 11) is 0. The van der Waals surface area contributed by atoms with Gasteiger partial charge in [0.1, 0.15) is 12.4 Å². The molecule has 2 N–H and O–H groups in total. The fourth-order valence-electron chi connectivity index (χ4n) is 2.24. The normalized spacial score (nSPS) is 11.1. The zero-order valence-electron chi connectivity index (χ0n) is 13.1. The molecule has 0 spiro atoms. The van der Waals surface area contributed by atoms with E-state index in [1.165, 1.54) is 0 Å². The molecule has 126 valence electrons. The average Bonchev–Trinajstić information content (AvgIpc) is 2.93. The van der Waals surface area contributed by atoms with Gasteiger partial charge in [-0.15, -0.1) is 10.2 Å². The van der Waals surface area contributed by atoms with Gasteiger partial charge in [-0.1, -0.05) is 28.6 Å². The van der Waals surface area contributed by atoms with Crippen LogP contribution in [0.25, 0.3) is 10.9 Å². The fourth-order valence-corrected chi connectivity index (χ4v) is 2.60. The number of hydrogen-bond donors (Lipinski definition) is 2. The molecule has 0 aliphatic rings. The van der Waals surface area contributed by atoms with Crippen LogP contribution in [0.2, 0.25) is 0 Å². The van der Waals surface area contributed by atoms with Crippen molar-refractivity contribution < 1.29 is 14.6 Å². The van der Waals surface area contributed by atoms with Crippen LogP contribution in [0.3, 0.4) is 0 Å². The van der Waals surface area contributed by atoms with Crippen LogP contribution in [0, 0.1) is 0 Å². The van der Waals surface area contributed by atoms with Gasteiger partial charge in [0.15, 0.2) is 5.69 Å². The lowest BCUT2D eigenvalue weighted by atomic mass is 10.2. The first kappa shape index (κ1) is 16.9. The van der Waals surface area contributed by atoms with E-state index in [1.54, 1.807) is 42.5 Å². The van der Waals surface area contributed by atoms with Crippen LogP contribution in [0.5, 0.6) is 11.6 Å². The van der Waals surface area contributed by atoms with Gasteiger partial charge in [0.25, 0.3) is 5.91 Å². The standard InChI is InChI=1S/C18H14BrN3O3/c1-2-9-25-13-6-3-11(4-7-13)17(23)22-21-16-14-10-12(19)5-8-15(14)20-18(16)24/h2-8,10,20,24H,1,9H2. The van der Waals surface area contributed by atoms with Crippen molar-refractivity contribution in [3.8, 4) is 11.6 Å².